The molecule has 3 heteroatoms. The Balaban J connectivity index is 1.51. The molecule has 4 atom stereocenters. The van der Waals surface area contributed by atoms with Gasteiger partial charge < -0.3 is 14.2 Å². The molecule has 96 valence electrons. The predicted molar refractivity (Wildman–Crippen MR) is 64.6 cm³/mol. The Bertz CT molecular complexity index is 294. The highest BCUT2D eigenvalue weighted by molar-refractivity contribution is 5.17. The second-order valence-electron chi connectivity index (χ2n) is 5.48. The molecule has 0 amide bonds. The van der Waals surface area contributed by atoms with Gasteiger partial charge in [-0.1, -0.05) is 0 Å². The van der Waals surface area contributed by atoms with E-state index in [9.17, 15) is 0 Å². The van der Waals surface area contributed by atoms with E-state index < -0.39 is 0 Å². The Morgan fingerprint density at radius 3 is 3.00 bits per heavy atom. The second kappa shape index (κ2) is 4.99. The van der Waals surface area contributed by atoms with E-state index in [-0.39, 0.29) is 0 Å². The van der Waals surface area contributed by atoms with Crippen LogP contribution in [0.15, 0.2) is 11.8 Å². The highest BCUT2D eigenvalue weighted by Crippen LogP contribution is 2.45. The summed E-state index contributed by atoms with van der Waals surface area (Å²) < 4.78 is 17.2. The zero-order chi connectivity index (χ0) is 11.7. The van der Waals surface area contributed by atoms with Crippen LogP contribution in [0, 0.1) is 11.8 Å². The Labute approximate surface area is 103 Å². The summed E-state index contributed by atoms with van der Waals surface area (Å²) in [4.78, 5) is 0. The van der Waals surface area contributed by atoms with Crippen molar-refractivity contribution < 1.29 is 14.2 Å². The molecule has 0 radical (unpaired) electrons. The summed E-state index contributed by atoms with van der Waals surface area (Å²) in [6.45, 7) is 1.63. The lowest BCUT2D eigenvalue weighted by Gasteiger charge is -2.26. The molecule has 2 bridgehead atoms. The van der Waals surface area contributed by atoms with Gasteiger partial charge in [0, 0.05) is 19.6 Å². The summed E-state index contributed by atoms with van der Waals surface area (Å²) in [5, 5.41) is 0. The first kappa shape index (κ1) is 11.5. The molecule has 17 heavy (non-hydrogen) atoms. The molecule has 1 saturated heterocycles. The van der Waals surface area contributed by atoms with E-state index in [4.69, 9.17) is 14.2 Å². The van der Waals surface area contributed by atoms with Crippen molar-refractivity contribution in [1.82, 2.24) is 0 Å². The van der Waals surface area contributed by atoms with Crippen molar-refractivity contribution in [2.24, 2.45) is 11.8 Å². The van der Waals surface area contributed by atoms with Crippen molar-refractivity contribution in [3.8, 4) is 0 Å². The molecule has 3 nitrogen and oxygen atoms in total. The van der Waals surface area contributed by atoms with Crippen LogP contribution in [0.25, 0.3) is 0 Å². The molecule has 1 aliphatic heterocycles. The van der Waals surface area contributed by atoms with Crippen molar-refractivity contribution in [2.45, 2.75) is 44.3 Å². The molecule has 1 saturated carbocycles. The highest BCUT2D eigenvalue weighted by Gasteiger charge is 2.42. The topological polar surface area (TPSA) is 27.7 Å². The number of fused-ring (bicyclic) bond motifs is 2. The van der Waals surface area contributed by atoms with Crippen LogP contribution in [0.4, 0.5) is 0 Å². The predicted octanol–water partition coefficient (Wildman–Crippen LogP) is 2.51. The van der Waals surface area contributed by atoms with Crippen LogP contribution in [-0.2, 0) is 14.2 Å². The maximum Gasteiger partial charge on any atom is 0.114 e. The van der Waals surface area contributed by atoms with Gasteiger partial charge in [0.25, 0.3) is 0 Å². The average molecular weight is 238 g/mol. The van der Waals surface area contributed by atoms with Crippen LogP contribution in [0.5, 0.6) is 0 Å². The van der Waals surface area contributed by atoms with Crippen LogP contribution in [0.1, 0.15) is 32.1 Å². The van der Waals surface area contributed by atoms with E-state index >= 15 is 0 Å². The number of hydrogen-bond acceptors (Lipinski definition) is 3. The molecule has 2 aliphatic carbocycles. The summed E-state index contributed by atoms with van der Waals surface area (Å²) in [5.74, 6) is 2.36. The van der Waals surface area contributed by atoms with Gasteiger partial charge >= 0.3 is 0 Å². The quantitative estimate of drug-likeness (QED) is 0.753. The van der Waals surface area contributed by atoms with Crippen LogP contribution in [-0.4, -0.2) is 32.5 Å². The van der Waals surface area contributed by atoms with Gasteiger partial charge in [-0.25, -0.2) is 0 Å². The zero-order valence-electron chi connectivity index (χ0n) is 10.6. The summed E-state index contributed by atoms with van der Waals surface area (Å²) in [6, 6.07) is 0. The van der Waals surface area contributed by atoms with E-state index in [0.29, 0.717) is 24.0 Å². The van der Waals surface area contributed by atoms with Gasteiger partial charge in [0.2, 0.25) is 0 Å². The molecule has 3 aliphatic rings. The van der Waals surface area contributed by atoms with Gasteiger partial charge in [-0.2, -0.15) is 0 Å². The summed E-state index contributed by atoms with van der Waals surface area (Å²) >= 11 is 0. The van der Waals surface area contributed by atoms with Gasteiger partial charge in [0.05, 0.1) is 18.0 Å². The fourth-order valence-electron chi connectivity index (χ4n) is 3.37. The van der Waals surface area contributed by atoms with Crippen molar-refractivity contribution in [2.75, 3.05) is 20.3 Å². The van der Waals surface area contributed by atoms with E-state index in [1.165, 1.54) is 31.4 Å². The smallest absolute Gasteiger partial charge is 0.114 e. The van der Waals surface area contributed by atoms with Gasteiger partial charge in [-0.3, -0.25) is 0 Å². The van der Waals surface area contributed by atoms with E-state index in [1.807, 2.05) is 7.11 Å². The molecule has 0 aromatic rings. The lowest BCUT2D eigenvalue weighted by atomic mass is 10.0. The number of rotatable bonds is 4. The first-order valence-corrected chi connectivity index (χ1v) is 6.85. The SMILES string of the molecule is COC1CC2C=C(OCC3CCCCO3)C1C2. The normalized spacial score (nSPS) is 40.4. The fraction of sp³-hybridized carbons (Fsp3) is 0.857. The standard InChI is InChI=1S/C14H22O3/c1-15-13-7-10-6-12(13)14(8-10)17-9-11-4-2-3-5-16-11/h8,10-13H,2-7,9H2,1H3. The lowest BCUT2D eigenvalue weighted by Crippen LogP contribution is -2.27. The minimum Gasteiger partial charge on any atom is -0.495 e. The lowest BCUT2D eigenvalue weighted by molar-refractivity contribution is -0.0352. The van der Waals surface area contributed by atoms with Gasteiger partial charge in [-0.15, -0.1) is 0 Å². The third kappa shape index (κ3) is 2.36. The third-order valence-electron chi connectivity index (χ3n) is 4.32. The number of methoxy groups -OCH3 is 1. The molecular formula is C14H22O3. The molecule has 0 N–H and O–H groups in total. The molecule has 0 aromatic heterocycles. The van der Waals surface area contributed by atoms with E-state index in [2.05, 4.69) is 6.08 Å². The van der Waals surface area contributed by atoms with Crippen LogP contribution in [0.2, 0.25) is 0 Å². The molecule has 4 unspecified atom stereocenters. The molecule has 3 rings (SSSR count). The first-order valence-electron chi connectivity index (χ1n) is 6.85. The summed E-state index contributed by atoms with van der Waals surface area (Å²) in [7, 11) is 1.81. The number of allylic oxidation sites excluding steroid dienone is 1. The second-order valence-corrected chi connectivity index (χ2v) is 5.48. The maximum atomic E-state index is 5.96. The molecule has 0 aromatic carbocycles. The summed E-state index contributed by atoms with van der Waals surface area (Å²) in [6.07, 6.45) is 9.03. The van der Waals surface area contributed by atoms with Crippen molar-refractivity contribution in [1.29, 1.82) is 0 Å². The Hall–Kier alpha value is -0.540. The molecule has 1 heterocycles. The van der Waals surface area contributed by atoms with E-state index in [0.717, 1.165) is 19.6 Å². The maximum absolute atomic E-state index is 5.96. The molecule has 0 spiro atoms. The highest BCUT2D eigenvalue weighted by atomic mass is 16.5. The Morgan fingerprint density at radius 2 is 2.29 bits per heavy atom. The number of hydrogen-bond donors (Lipinski definition) is 0. The van der Waals surface area contributed by atoms with Gasteiger partial charge in [0.1, 0.15) is 6.61 Å². The molecular weight excluding hydrogens is 216 g/mol. The Kier molecular flexibility index (Phi) is 3.39. The average Bonchev–Trinajstić information content (AvgIpc) is 2.96. The van der Waals surface area contributed by atoms with Crippen molar-refractivity contribution in [3.63, 3.8) is 0 Å². The minimum atomic E-state index is 0.310. The largest absolute Gasteiger partial charge is 0.495 e. The summed E-state index contributed by atoms with van der Waals surface area (Å²) in [5.41, 5.74) is 0. The minimum absolute atomic E-state index is 0.310. The molecule has 2 fully saturated rings. The zero-order valence-corrected chi connectivity index (χ0v) is 10.6. The third-order valence-corrected chi connectivity index (χ3v) is 4.32. The Morgan fingerprint density at radius 1 is 1.35 bits per heavy atom. The van der Waals surface area contributed by atoms with Crippen molar-refractivity contribution in [3.05, 3.63) is 11.8 Å². The van der Waals surface area contributed by atoms with Crippen molar-refractivity contribution >= 4 is 0 Å². The van der Waals surface area contributed by atoms with Crippen LogP contribution in [0.3, 0.4) is 0 Å². The monoisotopic (exact) mass is 238 g/mol. The van der Waals surface area contributed by atoms with Crippen LogP contribution < -0.4 is 0 Å². The number of ether oxygens (including phenoxy) is 3. The fourth-order valence-corrected chi connectivity index (χ4v) is 3.37. The first-order chi connectivity index (χ1) is 8.36. The van der Waals surface area contributed by atoms with E-state index in [1.54, 1.807) is 0 Å². The van der Waals surface area contributed by atoms with Crippen LogP contribution >= 0.6 is 0 Å². The van der Waals surface area contributed by atoms with Gasteiger partial charge in [-0.05, 0) is 44.1 Å². The van der Waals surface area contributed by atoms with Gasteiger partial charge in [0.15, 0.2) is 0 Å².